The molecule has 0 atom stereocenters. The average molecular weight is 431 g/mol. The van der Waals surface area contributed by atoms with E-state index in [9.17, 15) is 0 Å². The first-order chi connectivity index (χ1) is 14.7. The summed E-state index contributed by atoms with van der Waals surface area (Å²) in [5, 5.41) is 9.06. The average Bonchev–Trinajstić information content (AvgIpc) is 3.22. The summed E-state index contributed by atoms with van der Waals surface area (Å²) in [5.74, 6) is 1.74. The third kappa shape index (κ3) is 6.72. The number of rotatable bonds is 10. The predicted molar refractivity (Wildman–Crippen MR) is 125 cm³/mol. The molecule has 2 heterocycles. The number of ether oxygens (including phenoxy) is 2. The first-order valence-corrected chi connectivity index (χ1v) is 11.5. The Labute approximate surface area is 184 Å². The van der Waals surface area contributed by atoms with Crippen molar-refractivity contribution in [3.05, 3.63) is 51.2 Å². The number of hydrogen-bond acceptors (Lipinski definition) is 5. The van der Waals surface area contributed by atoms with Gasteiger partial charge in [0.1, 0.15) is 5.75 Å². The molecule has 0 radical (unpaired) electrons. The van der Waals surface area contributed by atoms with Crippen LogP contribution in [0.3, 0.4) is 0 Å². The van der Waals surface area contributed by atoms with Crippen LogP contribution in [-0.2, 0) is 24.2 Å². The summed E-state index contributed by atoms with van der Waals surface area (Å²) in [4.78, 5) is 8.42. The normalized spacial score (nSPS) is 14.4. The van der Waals surface area contributed by atoms with Crippen LogP contribution in [0.15, 0.2) is 34.6 Å². The van der Waals surface area contributed by atoms with Crippen LogP contribution in [0.25, 0.3) is 0 Å². The quantitative estimate of drug-likeness (QED) is 0.344. The molecule has 1 aromatic carbocycles. The number of nitrogens with one attached hydrogen (secondary N) is 2. The van der Waals surface area contributed by atoms with Crippen molar-refractivity contribution < 1.29 is 9.47 Å². The molecule has 0 bridgehead atoms. The summed E-state index contributed by atoms with van der Waals surface area (Å²) >= 11 is 1.89. The number of methoxy groups -OCH3 is 1. The standard InChI is InChI=1S/C23H34N4O2S/c1-18-5-6-19(21(15-18)29-13-4-12-28-3)16-26-23(24-2)25-9-11-27-10-7-22-20(17-27)8-14-30-22/h5-6,8,14-15H,4,7,9-13,16-17H2,1-3H3,(H2,24,25,26). The third-order valence-electron chi connectivity index (χ3n) is 5.25. The Balaban J connectivity index is 1.44. The van der Waals surface area contributed by atoms with Crippen molar-refractivity contribution in [2.75, 3.05) is 47.0 Å². The fraction of sp³-hybridized carbons (Fsp3) is 0.522. The smallest absolute Gasteiger partial charge is 0.191 e. The number of aryl methyl sites for hydroxylation is 1. The van der Waals surface area contributed by atoms with Gasteiger partial charge >= 0.3 is 0 Å². The third-order valence-corrected chi connectivity index (χ3v) is 6.27. The van der Waals surface area contributed by atoms with Crippen LogP contribution in [0, 0.1) is 6.92 Å². The molecule has 2 N–H and O–H groups in total. The fourth-order valence-electron chi connectivity index (χ4n) is 3.56. The molecule has 0 unspecified atom stereocenters. The molecule has 0 saturated carbocycles. The Kier molecular flexibility index (Phi) is 8.99. The number of fused-ring (bicyclic) bond motifs is 1. The van der Waals surface area contributed by atoms with Crippen LogP contribution in [0.4, 0.5) is 0 Å². The Hall–Kier alpha value is -2.09. The van der Waals surface area contributed by atoms with Crippen LogP contribution in [0.5, 0.6) is 5.75 Å². The van der Waals surface area contributed by atoms with Crippen LogP contribution in [0.2, 0.25) is 0 Å². The van der Waals surface area contributed by atoms with Crippen molar-refractivity contribution in [3.8, 4) is 5.75 Å². The second-order valence-corrected chi connectivity index (χ2v) is 8.55. The van der Waals surface area contributed by atoms with Crippen LogP contribution < -0.4 is 15.4 Å². The highest BCUT2D eigenvalue weighted by Crippen LogP contribution is 2.23. The predicted octanol–water partition coefficient (Wildman–Crippen LogP) is 3.20. The van der Waals surface area contributed by atoms with E-state index < -0.39 is 0 Å². The molecular weight excluding hydrogens is 396 g/mol. The highest BCUT2D eigenvalue weighted by Gasteiger charge is 2.16. The molecule has 0 aliphatic carbocycles. The maximum atomic E-state index is 5.98. The second-order valence-electron chi connectivity index (χ2n) is 7.55. The van der Waals surface area contributed by atoms with Gasteiger partial charge in [-0.05, 0) is 42.0 Å². The molecule has 0 spiro atoms. The minimum Gasteiger partial charge on any atom is -0.493 e. The van der Waals surface area contributed by atoms with Crippen LogP contribution >= 0.6 is 11.3 Å². The van der Waals surface area contributed by atoms with E-state index in [2.05, 4.69) is 57.1 Å². The largest absolute Gasteiger partial charge is 0.493 e. The molecule has 1 aliphatic rings. The van der Waals surface area contributed by atoms with Gasteiger partial charge in [0.25, 0.3) is 0 Å². The van der Waals surface area contributed by atoms with Crippen molar-refractivity contribution in [2.45, 2.75) is 32.9 Å². The van der Waals surface area contributed by atoms with Crippen LogP contribution in [0.1, 0.15) is 28.0 Å². The lowest BCUT2D eigenvalue weighted by atomic mass is 10.1. The molecule has 2 aromatic rings. The summed E-state index contributed by atoms with van der Waals surface area (Å²) in [5.41, 5.74) is 3.81. The molecular formula is C23H34N4O2S. The highest BCUT2D eigenvalue weighted by atomic mass is 32.1. The summed E-state index contributed by atoms with van der Waals surface area (Å²) in [6, 6.07) is 8.59. The molecule has 0 amide bonds. The number of hydrogen-bond donors (Lipinski definition) is 2. The van der Waals surface area contributed by atoms with Gasteiger partial charge in [-0.15, -0.1) is 11.3 Å². The van der Waals surface area contributed by atoms with Gasteiger partial charge in [-0.3, -0.25) is 9.89 Å². The minimum absolute atomic E-state index is 0.652. The first kappa shape index (κ1) is 22.6. The van der Waals surface area contributed by atoms with E-state index in [0.29, 0.717) is 19.8 Å². The molecule has 6 nitrogen and oxygen atoms in total. The Morgan fingerprint density at radius 3 is 2.97 bits per heavy atom. The zero-order valence-electron chi connectivity index (χ0n) is 18.4. The van der Waals surface area contributed by atoms with Crippen LogP contribution in [-0.4, -0.2) is 57.9 Å². The van der Waals surface area contributed by atoms with Gasteiger partial charge < -0.3 is 20.1 Å². The second kappa shape index (κ2) is 11.9. The summed E-state index contributed by atoms with van der Waals surface area (Å²) in [6.45, 7) is 8.18. The van der Waals surface area contributed by atoms with Crippen molar-refractivity contribution in [3.63, 3.8) is 0 Å². The van der Waals surface area contributed by atoms with Crippen molar-refractivity contribution in [1.82, 2.24) is 15.5 Å². The van der Waals surface area contributed by atoms with Crippen molar-refractivity contribution >= 4 is 17.3 Å². The number of benzene rings is 1. The topological polar surface area (TPSA) is 58.1 Å². The van der Waals surface area contributed by atoms with E-state index in [0.717, 1.165) is 49.9 Å². The van der Waals surface area contributed by atoms with E-state index in [1.54, 1.807) is 12.0 Å². The molecule has 0 fully saturated rings. The van der Waals surface area contributed by atoms with E-state index in [1.165, 1.54) is 17.5 Å². The van der Waals surface area contributed by atoms with Gasteiger partial charge in [-0.1, -0.05) is 12.1 Å². The molecule has 7 heteroatoms. The van der Waals surface area contributed by atoms with E-state index >= 15 is 0 Å². The maximum Gasteiger partial charge on any atom is 0.191 e. The highest BCUT2D eigenvalue weighted by molar-refractivity contribution is 7.10. The summed E-state index contributed by atoms with van der Waals surface area (Å²) in [7, 11) is 3.52. The summed E-state index contributed by atoms with van der Waals surface area (Å²) < 4.78 is 11.1. The number of guanidine groups is 1. The van der Waals surface area contributed by atoms with E-state index in [-0.39, 0.29) is 0 Å². The molecule has 164 valence electrons. The fourth-order valence-corrected chi connectivity index (χ4v) is 4.45. The lowest BCUT2D eigenvalue weighted by Gasteiger charge is -2.27. The van der Waals surface area contributed by atoms with Gasteiger partial charge in [0.05, 0.1) is 6.61 Å². The molecule has 1 aliphatic heterocycles. The Bertz CT molecular complexity index is 821. The van der Waals surface area contributed by atoms with E-state index in [1.807, 2.05) is 18.4 Å². The monoisotopic (exact) mass is 430 g/mol. The zero-order valence-corrected chi connectivity index (χ0v) is 19.2. The lowest BCUT2D eigenvalue weighted by molar-refractivity contribution is 0.171. The molecule has 1 aromatic heterocycles. The minimum atomic E-state index is 0.652. The molecule has 0 saturated heterocycles. The Morgan fingerprint density at radius 2 is 2.13 bits per heavy atom. The number of aliphatic imine (C=N–C) groups is 1. The zero-order chi connectivity index (χ0) is 21.2. The first-order valence-electron chi connectivity index (χ1n) is 10.6. The van der Waals surface area contributed by atoms with Gasteiger partial charge in [-0.2, -0.15) is 0 Å². The van der Waals surface area contributed by atoms with Gasteiger partial charge in [0, 0.05) is 70.3 Å². The SMILES string of the molecule is CN=C(NCCN1CCc2sccc2C1)NCc1ccc(C)cc1OCCCOC. The van der Waals surface area contributed by atoms with Gasteiger partial charge in [-0.25, -0.2) is 0 Å². The lowest BCUT2D eigenvalue weighted by Crippen LogP contribution is -2.42. The van der Waals surface area contributed by atoms with Gasteiger partial charge in [0.2, 0.25) is 0 Å². The van der Waals surface area contributed by atoms with E-state index in [4.69, 9.17) is 9.47 Å². The van der Waals surface area contributed by atoms with Crippen molar-refractivity contribution in [2.24, 2.45) is 4.99 Å². The number of nitrogens with zero attached hydrogens (tertiary/aromatic N) is 2. The molecule has 30 heavy (non-hydrogen) atoms. The summed E-state index contributed by atoms with van der Waals surface area (Å²) in [6.07, 6.45) is 2.05. The Morgan fingerprint density at radius 1 is 1.23 bits per heavy atom. The maximum absolute atomic E-state index is 5.98. The van der Waals surface area contributed by atoms with Crippen molar-refractivity contribution in [1.29, 1.82) is 0 Å². The van der Waals surface area contributed by atoms with Gasteiger partial charge in [0.15, 0.2) is 5.96 Å². The number of thiophene rings is 1. The molecule has 3 rings (SSSR count).